The molecule has 0 spiro atoms. The van der Waals surface area contributed by atoms with E-state index in [1.54, 1.807) is 14.2 Å². The molecule has 1 heterocycles. The number of hydrogen-bond donors (Lipinski definition) is 0. The number of benzene rings is 2. The molecule has 4 rings (SSSR count). The molecule has 0 N–H and O–H groups in total. The van der Waals surface area contributed by atoms with Gasteiger partial charge < -0.3 is 18.9 Å². The molecule has 7 nitrogen and oxygen atoms in total. The lowest BCUT2D eigenvalue weighted by atomic mass is 9.69. The third-order valence-electron chi connectivity index (χ3n) is 7.02. The first-order chi connectivity index (χ1) is 17.9. The van der Waals surface area contributed by atoms with E-state index in [1.807, 2.05) is 63.2 Å². The first-order valence-electron chi connectivity index (χ1n) is 12.8. The van der Waals surface area contributed by atoms with Crippen molar-refractivity contribution in [3.05, 3.63) is 64.9 Å². The van der Waals surface area contributed by atoms with Gasteiger partial charge in [-0.3, -0.25) is 14.6 Å². The van der Waals surface area contributed by atoms with Crippen molar-refractivity contribution in [2.45, 2.75) is 51.9 Å². The van der Waals surface area contributed by atoms with Gasteiger partial charge in [0.25, 0.3) is 0 Å². The maximum Gasteiger partial charge on any atom is 0.315 e. The van der Waals surface area contributed by atoms with Crippen LogP contribution < -0.4 is 14.2 Å². The molecule has 0 saturated heterocycles. The number of aliphatic imine (C=N–C) groups is 1. The minimum absolute atomic E-state index is 0.0122. The summed E-state index contributed by atoms with van der Waals surface area (Å²) in [5.74, 6) is 0.293. The van der Waals surface area contributed by atoms with Gasteiger partial charge in [0.15, 0.2) is 17.3 Å². The number of nitrogens with zero attached hydrogens (tertiary/aromatic N) is 1. The third kappa shape index (κ3) is 5.26. The summed E-state index contributed by atoms with van der Waals surface area (Å²) in [6, 6.07) is 13.4. The van der Waals surface area contributed by atoms with Gasteiger partial charge in [-0.05, 0) is 56.4 Å². The van der Waals surface area contributed by atoms with Crippen LogP contribution in [0.25, 0.3) is 0 Å². The molecule has 0 fully saturated rings. The van der Waals surface area contributed by atoms with Crippen LogP contribution in [0.15, 0.2) is 58.7 Å². The van der Waals surface area contributed by atoms with Gasteiger partial charge in [-0.2, -0.15) is 0 Å². The maximum atomic E-state index is 13.9. The van der Waals surface area contributed by atoms with Crippen LogP contribution in [0.3, 0.4) is 0 Å². The highest BCUT2D eigenvalue weighted by Gasteiger charge is 2.45. The van der Waals surface area contributed by atoms with Crippen molar-refractivity contribution < 1.29 is 28.5 Å². The lowest BCUT2D eigenvalue weighted by Gasteiger charge is -2.37. The van der Waals surface area contributed by atoms with Crippen molar-refractivity contribution in [2.24, 2.45) is 10.9 Å². The monoisotopic (exact) mass is 505 g/mol. The number of ketones is 1. The highest BCUT2D eigenvalue weighted by Crippen LogP contribution is 2.49. The minimum Gasteiger partial charge on any atom is -0.494 e. The Kier molecular flexibility index (Phi) is 8.31. The van der Waals surface area contributed by atoms with Crippen molar-refractivity contribution >= 4 is 17.5 Å². The predicted octanol–water partition coefficient (Wildman–Crippen LogP) is 5.63. The van der Waals surface area contributed by atoms with Crippen LogP contribution in [-0.2, 0) is 14.3 Å². The summed E-state index contributed by atoms with van der Waals surface area (Å²) in [6.45, 7) is 6.52. The smallest absolute Gasteiger partial charge is 0.315 e. The van der Waals surface area contributed by atoms with Crippen LogP contribution >= 0.6 is 0 Å². The quantitative estimate of drug-likeness (QED) is 0.411. The SMILES string of the molecule is CCCOC(=O)C1C(C)=NC2=C(C(=O)C[C@@H](c3ccc(OC)c(OC)c3)C2)[C@H]1c1ccccc1OCC. The second-order valence-electron chi connectivity index (χ2n) is 9.35. The van der Waals surface area contributed by atoms with Gasteiger partial charge in [-0.15, -0.1) is 0 Å². The number of allylic oxidation sites excluding steroid dienone is 2. The zero-order valence-corrected chi connectivity index (χ0v) is 22.2. The molecular weight excluding hydrogens is 470 g/mol. The number of rotatable bonds is 9. The van der Waals surface area contributed by atoms with Crippen LogP contribution in [0.2, 0.25) is 0 Å². The molecule has 0 radical (unpaired) electrons. The van der Waals surface area contributed by atoms with Crippen molar-refractivity contribution in [2.75, 3.05) is 27.4 Å². The van der Waals surface area contributed by atoms with E-state index < -0.39 is 11.8 Å². The number of hydrogen-bond acceptors (Lipinski definition) is 7. The van der Waals surface area contributed by atoms with Gasteiger partial charge in [0, 0.05) is 34.9 Å². The minimum atomic E-state index is -0.687. The van der Waals surface area contributed by atoms with Crippen LogP contribution in [0.1, 0.15) is 63.0 Å². The van der Waals surface area contributed by atoms with E-state index in [2.05, 4.69) is 0 Å². The molecule has 196 valence electrons. The molecule has 0 aromatic heterocycles. The fourth-order valence-electron chi connectivity index (χ4n) is 5.36. The predicted molar refractivity (Wildman–Crippen MR) is 142 cm³/mol. The number of carbonyl (C=O) groups is 2. The van der Waals surface area contributed by atoms with Crippen LogP contribution in [0.4, 0.5) is 0 Å². The summed E-state index contributed by atoms with van der Waals surface area (Å²) in [4.78, 5) is 32.0. The molecule has 3 atom stereocenters. The topological polar surface area (TPSA) is 83.4 Å². The van der Waals surface area contributed by atoms with E-state index >= 15 is 0 Å². The Morgan fingerprint density at radius 3 is 2.46 bits per heavy atom. The molecular formula is C30H35NO6. The number of carbonyl (C=O) groups excluding carboxylic acids is 2. The van der Waals surface area contributed by atoms with Gasteiger partial charge in [-0.25, -0.2) is 0 Å². The van der Waals surface area contributed by atoms with Gasteiger partial charge in [0.1, 0.15) is 11.7 Å². The number of ether oxygens (including phenoxy) is 4. The summed E-state index contributed by atoms with van der Waals surface area (Å²) in [5, 5.41) is 0. The Morgan fingerprint density at radius 2 is 1.76 bits per heavy atom. The molecule has 0 saturated carbocycles. The molecule has 1 unspecified atom stereocenters. The summed E-state index contributed by atoms with van der Waals surface area (Å²) in [6.07, 6.45) is 1.61. The van der Waals surface area contributed by atoms with Crippen molar-refractivity contribution in [1.29, 1.82) is 0 Å². The van der Waals surface area contributed by atoms with Crippen LogP contribution in [-0.4, -0.2) is 44.9 Å². The molecule has 2 aromatic carbocycles. The second kappa shape index (κ2) is 11.6. The zero-order chi connectivity index (χ0) is 26.5. The molecule has 1 aliphatic carbocycles. The largest absolute Gasteiger partial charge is 0.494 e. The van der Waals surface area contributed by atoms with E-state index in [1.165, 1.54) is 0 Å². The first-order valence-corrected chi connectivity index (χ1v) is 12.8. The highest BCUT2D eigenvalue weighted by atomic mass is 16.5. The van der Waals surface area contributed by atoms with E-state index in [0.717, 1.165) is 16.8 Å². The molecule has 7 heteroatoms. The number of para-hydroxylation sites is 1. The lowest BCUT2D eigenvalue weighted by Crippen LogP contribution is -2.38. The number of esters is 1. The average Bonchev–Trinajstić information content (AvgIpc) is 2.90. The van der Waals surface area contributed by atoms with Gasteiger partial charge >= 0.3 is 5.97 Å². The molecule has 2 aliphatic rings. The number of methoxy groups -OCH3 is 2. The van der Waals surface area contributed by atoms with Crippen LogP contribution in [0.5, 0.6) is 17.2 Å². The molecule has 2 aromatic rings. The summed E-state index contributed by atoms with van der Waals surface area (Å²) in [7, 11) is 3.20. The van der Waals surface area contributed by atoms with Gasteiger partial charge in [0.05, 0.1) is 27.4 Å². The van der Waals surface area contributed by atoms with E-state index in [4.69, 9.17) is 23.9 Å². The Hall–Kier alpha value is -3.61. The normalized spacial score (nSPS) is 21.2. The molecule has 37 heavy (non-hydrogen) atoms. The van der Waals surface area contributed by atoms with Crippen LogP contribution in [0, 0.1) is 5.92 Å². The Morgan fingerprint density at radius 1 is 1.00 bits per heavy atom. The molecule has 0 bridgehead atoms. The lowest BCUT2D eigenvalue weighted by molar-refractivity contribution is -0.146. The van der Waals surface area contributed by atoms with E-state index in [9.17, 15) is 9.59 Å². The number of Topliss-reactive ketones (excluding diaryl/α,β-unsaturated/α-hetero) is 1. The average molecular weight is 506 g/mol. The summed E-state index contributed by atoms with van der Waals surface area (Å²) in [5.41, 5.74) is 3.76. The Balaban J connectivity index is 1.80. The molecule has 1 aliphatic heterocycles. The summed E-state index contributed by atoms with van der Waals surface area (Å²) < 4.78 is 22.4. The first kappa shape index (κ1) is 26.5. The fraction of sp³-hybridized carbons (Fsp3) is 0.433. The molecule has 0 amide bonds. The maximum absolute atomic E-state index is 13.9. The Labute approximate surface area is 218 Å². The highest BCUT2D eigenvalue weighted by molar-refractivity contribution is 6.09. The fourth-order valence-corrected chi connectivity index (χ4v) is 5.36. The van der Waals surface area contributed by atoms with Crippen molar-refractivity contribution in [3.8, 4) is 17.2 Å². The van der Waals surface area contributed by atoms with E-state index in [0.29, 0.717) is 61.0 Å². The van der Waals surface area contributed by atoms with Gasteiger partial charge in [0.2, 0.25) is 0 Å². The van der Waals surface area contributed by atoms with Gasteiger partial charge in [-0.1, -0.05) is 31.2 Å². The van der Waals surface area contributed by atoms with Crippen molar-refractivity contribution in [1.82, 2.24) is 0 Å². The third-order valence-corrected chi connectivity index (χ3v) is 7.02. The second-order valence-corrected chi connectivity index (χ2v) is 9.35. The zero-order valence-electron chi connectivity index (χ0n) is 22.2. The van der Waals surface area contributed by atoms with E-state index in [-0.39, 0.29) is 17.7 Å². The standard InChI is InChI=1S/C30H35NO6/c1-6-14-37-30(33)27-18(3)31-22-15-20(19-12-13-25(34-4)26(17-19)35-5)16-23(32)29(22)28(27)21-10-8-9-11-24(21)36-7-2/h8-13,17,20,27-28H,6-7,14-16H2,1-5H3/t20-,27?,28-/m0/s1. The Bertz CT molecular complexity index is 1230. The summed E-state index contributed by atoms with van der Waals surface area (Å²) >= 11 is 0. The van der Waals surface area contributed by atoms with Crippen molar-refractivity contribution in [3.63, 3.8) is 0 Å².